The molecule has 5 aromatic rings. The van der Waals surface area contributed by atoms with Crippen LogP contribution in [0.1, 0.15) is 22.5 Å². The number of nitrogens with zero attached hydrogens (tertiary/aromatic N) is 4. The van der Waals surface area contributed by atoms with Gasteiger partial charge < -0.3 is 18.8 Å². The van der Waals surface area contributed by atoms with Crippen molar-refractivity contribution in [2.45, 2.75) is 18.8 Å². The number of benzene rings is 3. The molecule has 0 bridgehead atoms. The molecule has 7 heteroatoms. The van der Waals surface area contributed by atoms with E-state index in [1.54, 1.807) is 20.4 Å². The van der Waals surface area contributed by atoms with Crippen molar-refractivity contribution in [3.8, 4) is 11.5 Å². The Morgan fingerprint density at radius 2 is 1.39 bits per heavy atom. The van der Waals surface area contributed by atoms with Crippen molar-refractivity contribution in [1.82, 2.24) is 19.5 Å². The molecule has 5 rings (SSSR count). The quantitative estimate of drug-likeness (QED) is 0.271. The Labute approximate surface area is 210 Å². The number of aromatic nitrogens is 4. The lowest BCUT2D eigenvalue weighted by Crippen LogP contribution is -2.33. The first-order valence-electron chi connectivity index (χ1n) is 11.6. The van der Waals surface area contributed by atoms with Crippen LogP contribution < -0.4 is 9.47 Å². The third-order valence-electron chi connectivity index (χ3n) is 6.30. The highest BCUT2D eigenvalue weighted by Gasteiger charge is 2.38. The van der Waals surface area contributed by atoms with Crippen molar-refractivity contribution in [1.29, 1.82) is 0 Å². The highest BCUT2D eigenvalue weighted by Crippen LogP contribution is 2.42. The van der Waals surface area contributed by atoms with Gasteiger partial charge in [-0.3, -0.25) is 0 Å². The van der Waals surface area contributed by atoms with Crippen LogP contribution in [-0.2, 0) is 23.5 Å². The second-order valence-corrected chi connectivity index (χ2v) is 8.20. The number of ether oxygens (including phenoxy) is 3. The summed E-state index contributed by atoms with van der Waals surface area (Å²) in [6.45, 7) is 4.76. The van der Waals surface area contributed by atoms with Gasteiger partial charge in [-0.05, 0) is 47.9 Å². The SMILES string of the molecule is [CH2]Cn1c(COC(c2ccccc2)(c2ccc(OC)cc2)c2ccc(OC)cc2)nc2cncnc21. The molecule has 0 aliphatic rings. The Balaban J connectivity index is 1.68. The maximum atomic E-state index is 6.95. The summed E-state index contributed by atoms with van der Waals surface area (Å²) in [5.74, 6) is 2.27. The summed E-state index contributed by atoms with van der Waals surface area (Å²) in [5, 5.41) is 0. The van der Waals surface area contributed by atoms with Gasteiger partial charge in [0.2, 0.25) is 0 Å². The standard InChI is InChI=1S/C29H27N4O3/c1-4-33-27(32-26-18-30-20-31-28(26)33)19-36-29(21-8-6-5-7-9-21,22-10-14-24(34-2)15-11-22)23-12-16-25(35-3)17-13-23/h5-18,20H,1,4,19H2,2-3H3. The second kappa shape index (κ2) is 10.2. The van der Waals surface area contributed by atoms with E-state index in [1.807, 2.05) is 71.3 Å². The molecule has 0 fully saturated rings. The highest BCUT2D eigenvalue weighted by molar-refractivity contribution is 5.70. The Hall–Kier alpha value is -4.23. The molecule has 0 atom stereocenters. The van der Waals surface area contributed by atoms with Gasteiger partial charge in [0.05, 0.1) is 20.4 Å². The Bertz CT molecular complexity index is 1380. The molecule has 0 unspecified atom stereocenters. The minimum atomic E-state index is -0.935. The third kappa shape index (κ3) is 4.18. The average molecular weight is 480 g/mol. The van der Waals surface area contributed by atoms with E-state index in [2.05, 4.69) is 29.0 Å². The van der Waals surface area contributed by atoms with Crippen molar-refractivity contribution in [3.05, 3.63) is 121 Å². The molecule has 0 saturated carbocycles. The summed E-state index contributed by atoms with van der Waals surface area (Å²) >= 11 is 0. The van der Waals surface area contributed by atoms with E-state index in [0.717, 1.165) is 39.7 Å². The van der Waals surface area contributed by atoms with E-state index >= 15 is 0 Å². The van der Waals surface area contributed by atoms with Gasteiger partial charge in [-0.15, -0.1) is 0 Å². The molecule has 7 nitrogen and oxygen atoms in total. The monoisotopic (exact) mass is 479 g/mol. The van der Waals surface area contributed by atoms with Gasteiger partial charge >= 0.3 is 0 Å². The lowest BCUT2D eigenvalue weighted by Gasteiger charge is -2.36. The van der Waals surface area contributed by atoms with Crippen LogP contribution in [0.5, 0.6) is 11.5 Å². The maximum absolute atomic E-state index is 6.95. The van der Waals surface area contributed by atoms with E-state index in [0.29, 0.717) is 12.1 Å². The number of fused-ring (bicyclic) bond motifs is 1. The van der Waals surface area contributed by atoms with Crippen LogP contribution >= 0.6 is 0 Å². The third-order valence-corrected chi connectivity index (χ3v) is 6.30. The maximum Gasteiger partial charge on any atom is 0.163 e. The number of hydrogen-bond donors (Lipinski definition) is 0. The molecule has 3 aromatic carbocycles. The van der Waals surface area contributed by atoms with Crippen LogP contribution in [0.3, 0.4) is 0 Å². The topological polar surface area (TPSA) is 71.3 Å². The molecule has 181 valence electrons. The zero-order valence-electron chi connectivity index (χ0n) is 20.3. The fourth-order valence-corrected chi connectivity index (χ4v) is 4.52. The van der Waals surface area contributed by atoms with Crippen molar-refractivity contribution in [3.63, 3.8) is 0 Å². The van der Waals surface area contributed by atoms with Crippen LogP contribution in [0.15, 0.2) is 91.4 Å². The van der Waals surface area contributed by atoms with Crippen molar-refractivity contribution >= 4 is 11.2 Å². The molecule has 0 spiro atoms. The number of hydrogen-bond acceptors (Lipinski definition) is 6. The first-order valence-corrected chi connectivity index (χ1v) is 11.6. The van der Waals surface area contributed by atoms with Crippen LogP contribution in [0.25, 0.3) is 11.2 Å². The van der Waals surface area contributed by atoms with E-state index in [-0.39, 0.29) is 6.61 Å². The highest BCUT2D eigenvalue weighted by atomic mass is 16.5. The lowest BCUT2D eigenvalue weighted by atomic mass is 9.80. The van der Waals surface area contributed by atoms with Gasteiger partial charge in [0, 0.05) is 6.54 Å². The Morgan fingerprint density at radius 1 is 0.806 bits per heavy atom. The molecule has 0 amide bonds. The fourth-order valence-electron chi connectivity index (χ4n) is 4.52. The minimum Gasteiger partial charge on any atom is -0.497 e. The minimum absolute atomic E-state index is 0.221. The zero-order valence-corrected chi connectivity index (χ0v) is 20.3. The summed E-state index contributed by atoms with van der Waals surface area (Å²) in [7, 11) is 3.32. The number of imidazole rings is 1. The van der Waals surface area contributed by atoms with Gasteiger partial charge in [0.25, 0.3) is 0 Å². The summed E-state index contributed by atoms with van der Waals surface area (Å²) in [6.07, 6.45) is 3.22. The molecule has 2 aromatic heterocycles. The predicted molar refractivity (Wildman–Crippen MR) is 138 cm³/mol. The normalized spacial score (nSPS) is 11.5. The summed E-state index contributed by atoms with van der Waals surface area (Å²) in [4.78, 5) is 13.3. The van der Waals surface area contributed by atoms with E-state index < -0.39 is 5.60 Å². The molecule has 0 aliphatic carbocycles. The summed E-state index contributed by atoms with van der Waals surface area (Å²) in [6, 6.07) is 26.1. The van der Waals surface area contributed by atoms with Crippen LogP contribution in [0.4, 0.5) is 0 Å². The van der Waals surface area contributed by atoms with E-state index in [4.69, 9.17) is 19.2 Å². The fraction of sp³-hybridized carbons (Fsp3) is 0.172. The van der Waals surface area contributed by atoms with Gasteiger partial charge in [-0.1, -0.05) is 54.6 Å². The smallest absolute Gasteiger partial charge is 0.163 e. The van der Waals surface area contributed by atoms with Gasteiger partial charge in [0.15, 0.2) is 5.65 Å². The number of rotatable bonds is 9. The summed E-state index contributed by atoms with van der Waals surface area (Å²) < 4.78 is 19.8. The molecule has 0 aliphatic heterocycles. The van der Waals surface area contributed by atoms with Gasteiger partial charge in [0.1, 0.15) is 41.4 Å². The van der Waals surface area contributed by atoms with Crippen LogP contribution in [-0.4, -0.2) is 33.7 Å². The largest absolute Gasteiger partial charge is 0.497 e. The predicted octanol–water partition coefficient (Wildman–Crippen LogP) is 5.19. The van der Waals surface area contributed by atoms with E-state index in [1.165, 1.54) is 6.33 Å². The van der Waals surface area contributed by atoms with Gasteiger partial charge in [-0.25, -0.2) is 15.0 Å². The lowest BCUT2D eigenvalue weighted by molar-refractivity contribution is -0.00422. The van der Waals surface area contributed by atoms with Crippen LogP contribution in [0, 0.1) is 6.92 Å². The van der Waals surface area contributed by atoms with Crippen LogP contribution in [0.2, 0.25) is 0 Å². The van der Waals surface area contributed by atoms with Gasteiger partial charge in [-0.2, -0.15) is 0 Å². The molecule has 36 heavy (non-hydrogen) atoms. The molecule has 2 heterocycles. The number of methoxy groups -OCH3 is 2. The molecule has 0 saturated heterocycles. The molecule has 1 radical (unpaired) electrons. The zero-order chi connectivity index (χ0) is 25.0. The molecular weight excluding hydrogens is 452 g/mol. The molecular formula is C29H27N4O3. The molecule has 0 N–H and O–H groups in total. The van der Waals surface area contributed by atoms with Crippen molar-refractivity contribution < 1.29 is 14.2 Å². The first kappa shape index (κ1) is 23.5. The van der Waals surface area contributed by atoms with Crippen molar-refractivity contribution in [2.75, 3.05) is 14.2 Å². The van der Waals surface area contributed by atoms with Crippen molar-refractivity contribution in [2.24, 2.45) is 0 Å². The first-order chi connectivity index (χ1) is 17.7. The second-order valence-electron chi connectivity index (χ2n) is 8.20. The Morgan fingerprint density at radius 3 is 1.94 bits per heavy atom. The average Bonchev–Trinajstić information content (AvgIpc) is 3.32. The summed E-state index contributed by atoms with van der Waals surface area (Å²) in [5.41, 5.74) is 3.40. The Kier molecular flexibility index (Phi) is 6.64. The van der Waals surface area contributed by atoms with E-state index in [9.17, 15) is 0 Å².